The molecule has 0 saturated heterocycles. The molecule has 8 nitrogen and oxygen atoms in total. The number of nitrogens with zero attached hydrogens (tertiary/aromatic N) is 3. The molecule has 9 heteroatoms. The molecule has 3 heterocycles. The highest BCUT2D eigenvalue weighted by atomic mass is 19.1. The number of fused-ring (bicyclic) bond motifs is 1. The predicted molar refractivity (Wildman–Crippen MR) is 113 cm³/mol. The van der Waals surface area contributed by atoms with Gasteiger partial charge in [0, 0.05) is 36.0 Å². The smallest absolute Gasteiger partial charge is 0.272 e. The molecule has 1 amide bonds. The molecule has 1 saturated carbocycles. The van der Waals surface area contributed by atoms with Crippen LogP contribution < -0.4 is 5.32 Å². The zero-order chi connectivity index (χ0) is 22.5. The number of carbonyl (C=O) groups excluding carboxylic acids is 3. The Balaban J connectivity index is 1.43. The number of halogens is 1. The van der Waals surface area contributed by atoms with Crippen LogP contribution in [-0.4, -0.2) is 37.5 Å². The van der Waals surface area contributed by atoms with Crippen LogP contribution >= 0.6 is 0 Å². The van der Waals surface area contributed by atoms with Crippen LogP contribution in [0.4, 0.5) is 10.1 Å². The monoisotopic (exact) mass is 435 g/mol. The second kappa shape index (κ2) is 7.51. The average Bonchev–Trinajstić information content (AvgIpc) is 3.13. The van der Waals surface area contributed by atoms with Crippen LogP contribution in [0, 0.1) is 12.7 Å². The van der Waals surface area contributed by atoms with Crippen LogP contribution in [0.25, 0.3) is 0 Å². The fraction of sp³-hybridized carbons (Fsp3) is 0.348. The SMILES string of the molecule is Cc1c(C(=O)C(=O)CC2(c3c[nH]nn3)CC2)c2n(c1C(=O)Nc1cccc(F)c1)CCC2. The number of aromatic nitrogens is 4. The number of hydrogen-bond donors (Lipinski definition) is 2. The van der Waals surface area contributed by atoms with E-state index in [9.17, 15) is 18.8 Å². The van der Waals surface area contributed by atoms with Gasteiger partial charge in [-0.1, -0.05) is 11.3 Å². The van der Waals surface area contributed by atoms with E-state index in [1.54, 1.807) is 19.2 Å². The first-order chi connectivity index (χ1) is 15.4. The van der Waals surface area contributed by atoms with Crippen molar-refractivity contribution in [3.8, 4) is 0 Å². The van der Waals surface area contributed by atoms with E-state index in [2.05, 4.69) is 20.7 Å². The van der Waals surface area contributed by atoms with Crippen molar-refractivity contribution in [2.75, 3.05) is 5.32 Å². The second-order valence-corrected chi connectivity index (χ2v) is 8.58. The number of aromatic amines is 1. The Morgan fingerprint density at radius 3 is 2.78 bits per heavy atom. The van der Waals surface area contributed by atoms with Crippen LogP contribution in [0.2, 0.25) is 0 Å². The van der Waals surface area contributed by atoms with E-state index >= 15 is 0 Å². The van der Waals surface area contributed by atoms with Crippen molar-refractivity contribution in [3.63, 3.8) is 0 Å². The normalized spacial score (nSPS) is 15.9. The van der Waals surface area contributed by atoms with E-state index in [1.165, 1.54) is 18.2 Å². The Bertz CT molecular complexity index is 1240. The molecule has 0 bridgehead atoms. The zero-order valence-electron chi connectivity index (χ0n) is 17.6. The molecule has 5 rings (SSSR count). The van der Waals surface area contributed by atoms with Crippen LogP contribution in [-0.2, 0) is 23.2 Å². The Morgan fingerprint density at radius 1 is 1.28 bits per heavy atom. The third kappa shape index (κ3) is 3.34. The Hall–Kier alpha value is -3.62. The number of nitrogens with one attached hydrogen (secondary N) is 2. The van der Waals surface area contributed by atoms with Crippen molar-refractivity contribution in [2.24, 2.45) is 0 Å². The summed E-state index contributed by atoms with van der Waals surface area (Å²) in [5.41, 5.74) is 2.48. The first-order valence-corrected chi connectivity index (χ1v) is 10.6. The molecule has 164 valence electrons. The van der Waals surface area contributed by atoms with Gasteiger partial charge in [-0.25, -0.2) is 4.39 Å². The quantitative estimate of drug-likeness (QED) is 0.438. The number of hydrogen-bond acceptors (Lipinski definition) is 5. The molecule has 1 aliphatic heterocycles. The van der Waals surface area contributed by atoms with Crippen LogP contribution in [0.1, 0.15) is 63.5 Å². The topological polar surface area (TPSA) is 110 Å². The highest BCUT2D eigenvalue weighted by Gasteiger charge is 2.49. The summed E-state index contributed by atoms with van der Waals surface area (Å²) in [6.45, 7) is 2.28. The molecule has 2 aromatic heterocycles. The molecule has 1 aromatic carbocycles. The molecule has 3 aromatic rings. The Morgan fingerprint density at radius 2 is 2.09 bits per heavy atom. The summed E-state index contributed by atoms with van der Waals surface area (Å²) in [4.78, 5) is 39.3. The van der Waals surface area contributed by atoms with Crippen molar-refractivity contribution in [3.05, 3.63) is 64.5 Å². The minimum Gasteiger partial charge on any atom is -0.340 e. The number of rotatable bonds is 7. The summed E-state index contributed by atoms with van der Waals surface area (Å²) < 4.78 is 15.3. The van der Waals surface area contributed by atoms with Gasteiger partial charge in [-0.05, 0) is 56.4 Å². The standard InChI is InChI=1S/C23H22FN5O3/c1-13-19(21(31)17(30)11-23(7-8-23)18-12-25-28-27-18)16-6-3-9-29(16)20(13)22(32)26-15-5-2-4-14(24)10-15/h2,4-5,10,12H,3,6-9,11H2,1H3,(H,26,32)(H,25,27,28). The largest absolute Gasteiger partial charge is 0.340 e. The molecular weight excluding hydrogens is 413 g/mol. The highest BCUT2D eigenvalue weighted by molar-refractivity contribution is 6.44. The molecule has 1 aliphatic carbocycles. The van der Waals surface area contributed by atoms with Gasteiger partial charge in [0.05, 0.1) is 11.3 Å². The van der Waals surface area contributed by atoms with Crippen LogP contribution in [0.3, 0.4) is 0 Å². The van der Waals surface area contributed by atoms with E-state index in [-0.39, 0.29) is 6.42 Å². The second-order valence-electron chi connectivity index (χ2n) is 8.58. The maximum absolute atomic E-state index is 13.5. The maximum atomic E-state index is 13.5. The number of ketones is 2. The Kier molecular flexibility index (Phi) is 4.76. The number of carbonyl (C=O) groups is 3. The molecular formula is C23H22FN5O3. The molecule has 2 N–H and O–H groups in total. The first kappa shape index (κ1) is 20.3. The van der Waals surface area contributed by atoms with Gasteiger partial charge in [-0.2, -0.15) is 0 Å². The van der Waals surface area contributed by atoms with Crippen molar-refractivity contribution < 1.29 is 18.8 Å². The third-order valence-electron chi connectivity index (χ3n) is 6.50. The minimum absolute atomic E-state index is 0.0766. The summed E-state index contributed by atoms with van der Waals surface area (Å²) in [7, 11) is 0. The van der Waals surface area contributed by atoms with Gasteiger partial charge in [-0.15, -0.1) is 5.10 Å². The lowest BCUT2D eigenvalue weighted by Gasteiger charge is -2.10. The number of anilines is 1. The molecule has 0 spiro atoms. The van der Waals surface area contributed by atoms with Crippen LogP contribution in [0.15, 0.2) is 30.5 Å². The van der Waals surface area contributed by atoms with Crippen molar-refractivity contribution in [1.29, 1.82) is 0 Å². The summed E-state index contributed by atoms with van der Waals surface area (Å²) in [5, 5.41) is 13.1. The summed E-state index contributed by atoms with van der Waals surface area (Å²) in [6.07, 6.45) is 4.72. The summed E-state index contributed by atoms with van der Waals surface area (Å²) >= 11 is 0. The number of benzene rings is 1. The molecule has 1 fully saturated rings. The van der Waals surface area contributed by atoms with Gasteiger partial charge in [0.15, 0.2) is 0 Å². The Labute approximate surface area is 183 Å². The average molecular weight is 435 g/mol. The minimum atomic E-state index is -0.562. The predicted octanol–water partition coefficient (Wildman–Crippen LogP) is 3.13. The van der Waals surface area contributed by atoms with E-state index in [0.717, 1.165) is 25.0 Å². The van der Waals surface area contributed by atoms with Gasteiger partial charge in [-0.3, -0.25) is 19.5 Å². The van der Waals surface area contributed by atoms with Gasteiger partial charge in [0.1, 0.15) is 11.5 Å². The fourth-order valence-electron chi connectivity index (χ4n) is 4.73. The van der Waals surface area contributed by atoms with E-state index < -0.39 is 28.7 Å². The van der Waals surface area contributed by atoms with Gasteiger partial charge in [0.25, 0.3) is 5.91 Å². The lowest BCUT2D eigenvalue weighted by Crippen LogP contribution is -2.23. The van der Waals surface area contributed by atoms with Crippen molar-refractivity contribution >= 4 is 23.2 Å². The zero-order valence-corrected chi connectivity index (χ0v) is 17.6. The van der Waals surface area contributed by atoms with Crippen LogP contribution in [0.5, 0.6) is 0 Å². The molecule has 0 atom stereocenters. The van der Waals surface area contributed by atoms with Gasteiger partial charge in [0.2, 0.25) is 11.6 Å². The number of H-pyrrole nitrogens is 1. The van der Waals surface area contributed by atoms with Crippen molar-refractivity contribution in [2.45, 2.75) is 51.0 Å². The maximum Gasteiger partial charge on any atom is 0.272 e. The molecule has 0 radical (unpaired) electrons. The van der Waals surface area contributed by atoms with E-state index in [0.29, 0.717) is 41.2 Å². The first-order valence-electron chi connectivity index (χ1n) is 10.6. The molecule has 2 aliphatic rings. The lowest BCUT2D eigenvalue weighted by atomic mass is 9.91. The van der Waals surface area contributed by atoms with Gasteiger partial charge >= 0.3 is 0 Å². The van der Waals surface area contributed by atoms with Gasteiger partial charge < -0.3 is 9.88 Å². The number of Topliss-reactive ketones (excluding diaryl/α,β-unsaturated/α-hetero) is 2. The van der Waals surface area contributed by atoms with E-state index in [4.69, 9.17) is 0 Å². The lowest BCUT2D eigenvalue weighted by molar-refractivity contribution is -0.115. The highest BCUT2D eigenvalue weighted by Crippen LogP contribution is 2.50. The van der Waals surface area contributed by atoms with E-state index in [1.807, 2.05) is 4.57 Å². The number of amides is 1. The third-order valence-corrected chi connectivity index (χ3v) is 6.50. The fourth-order valence-corrected chi connectivity index (χ4v) is 4.73. The molecule has 32 heavy (non-hydrogen) atoms. The molecule has 0 unspecified atom stereocenters. The summed E-state index contributed by atoms with van der Waals surface area (Å²) in [5.74, 6) is -1.93. The van der Waals surface area contributed by atoms with Crippen molar-refractivity contribution in [1.82, 2.24) is 20.0 Å². The summed E-state index contributed by atoms with van der Waals surface area (Å²) in [6, 6.07) is 5.63.